The second-order valence-corrected chi connectivity index (χ2v) is 5.14. The number of aromatic nitrogens is 2. The molecule has 3 rings (SSSR count). The first kappa shape index (κ1) is 12.0. The first-order valence-electron chi connectivity index (χ1n) is 5.76. The van der Waals surface area contributed by atoms with E-state index >= 15 is 0 Å². The number of hydrogen-bond acceptors (Lipinski definition) is 4. The molecule has 6 heteroatoms. The van der Waals surface area contributed by atoms with Crippen LogP contribution in [0.25, 0.3) is 11.5 Å². The van der Waals surface area contributed by atoms with Crippen molar-refractivity contribution in [3.8, 4) is 11.5 Å². The van der Waals surface area contributed by atoms with E-state index in [2.05, 4.69) is 15.5 Å². The molecule has 1 aromatic heterocycles. The summed E-state index contributed by atoms with van der Waals surface area (Å²) in [5.74, 6) is 1.14. The van der Waals surface area contributed by atoms with Crippen LogP contribution < -0.4 is 5.32 Å². The van der Waals surface area contributed by atoms with E-state index in [0.717, 1.165) is 24.9 Å². The number of rotatable bonds is 2. The number of nitrogens with zero attached hydrogens (tertiary/aromatic N) is 2. The number of hydrogen-bond donors (Lipinski definition) is 1. The standard InChI is InChI=1S/C12H11Cl2N3O/c13-8-4-7(5-9(14)6-8)12-16-11(17-18-12)10-2-1-3-15-10/h4-6,10,15H,1-3H2. The van der Waals surface area contributed by atoms with Gasteiger partial charge in [0.15, 0.2) is 5.82 Å². The highest BCUT2D eigenvalue weighted by molar-refractivity contribution is 6.35. The van der Waals surface area contributed by atoms with Crippen LogP contribution in [0.4, 0.5) is 0 Å². The zero-order valence-corrected chi connectivity index (χ0v) is 11.0. The molecule has 0 spiro atoms. The second-order valence-electron chi connectivity index (χ2n) is 4.26. The SMILES string of the molecule is Clc1cc(Cl)cc(-c2nc(C3CCCN3)no2)c1. The maximum atomic E-state index is 5.95. The molecule has 1 unspecified atom stereocenters. The van der Waals surface area contributed by atoms with Crippen molar-refractivity contribution >= 4 is 23.2 Å². The predicted molar refractivity (Wildman–Crippen MR) is 69.7 cm³/mol. The molecule has 0 amide bonds. The summed E-state index contributed by atoms with van der Waals surface area (Å²) in [6.07, 6.45) is 2.17. The van der Waals surface area contributed by atoms with E-state index in [1.165, 1.54) is 0 Å². The van der Waals surface area contributed by atoms with E-state index in [0.29, 0.717) is 21.8 Å². The quantitative estimate of drug-likeness (QED) is 0.917. The van der Waals surface area contributed by atoms with Crippen LogP contribution in [0.3, 0.4) is 0 Å². The van der Waals surface area contributed by atoms with E-state index in [-0.39, 0.29) is 6.04 Å². The molecule has 18 heavy (non-hydrogen) atoms. The number of nitrogens with one attached hydrogen (secondary N) is 1. The van der Waals surface area contributed by atoms with Crippen molar-refractivity contribution < 1.29 is 4.52 Å². The highest BCUT2D eigenvalue weighted by atomic mass is 35.5. The summed E-state index contributed by atoms with van der Waals surface area (Å²) in [7, 11) is 0. The molecule has 2 heterocycles. The van der Waals surface area contributed by atoms with Gasteiger partial charge < -0.3 is 9.84 Å². The lowest BCUT2D eigenvalue weighted by molar-refractivity contribution is 0.412. The molecule has 1 fully saturated rings. The van der Waals surface area contributed by atoms with Gasteiger partial charge in [0.2, 0.25) is 0 Å². The van der Waals surface area contributed by atoms with Crippen LogP contribution in [0.15, 0.2) is 22.7 Å². The highest BCUT2D eigenvalue weighted by Gasteiger charge is 2.22. The normalized spacial score (nSPS) is 19.3. The van der Waals surface area contributed by atoms with Crippen molar-refractivity contribution in [3.05, 3.63) is 34.1 Å². The predicted octanol–water partition coefficient (Wildman–Crippen LogP) is 3.47. The van der Waals surface area contributed by atoms with E-state index < -0.39 is 0 Å². The van der Waals surface area contributed by atoms with Crippen molar-refractivity contribution in [1.82, 2.24) is 15.5 Å². The topological polar surface area (TPSA) is 51.0 Å². The smallest absolute Gasteiger partial charge is 0.258 e. The Hall–Kier alpha value is -1.10. The van der Waals surface area contributed by atoms with Gasteiger partial charge in [-0.25, -0.2) is 0 Å². The van der Waals surface area contributed by atoms with Crippen LogP contribution in [0.2, 0.25) is 10.0 Å². The zero-order valence-electron chi connectivity index (χ0n) is 9.49. The largest absolute Gasteiger partial charge is 0.334 e. The summed E-state index contributed by atoms with van der Waals surface area (Å²) in [5.41, 5.74) is 0.740. The molecule has 1 aliphatic heterocycles. The van der Waals surface area contributed by atoms with Crippen molar-refractivity contribution in [1.29, 1.82) is 0 Å². The molecule has 1 aliphatic rings. The third-order valence-electron chi connectivity index (χ3n) is 2.92. The van der Waals surface area contributed by atoms with Crippen molar-refractivity contribution in [3.63, 3.8) is 0 Å². The lowest BCUT2D eigenvalue weighted by atomic mass is 10.2. The van der Waals surface area contributed by atoms with Gasteiger partial charge in [0.05, 0.1) is 6.04 Å². The Balaban J connectivity index is 1.92. The van der Waals surface area contributed by atoms with Crippen LogP contribution >= 0.6 is 23.2 Å². The van der Waals surface area contributed by atoms with Crippen LogP contribution in [0.1, 0.15) is 24.7 Å². The molecule has 4 nitrogen and oxygen atoms in total. The van der Waals surface area contributed by atoms with Gasteiger partial charge in [-0.3, -0.25) is 0 Å². The Morgan fingerprint density at radius 1 is 1.22 bits per heavy atom. The first-order valence-corrected chi connectivity index (χ1v) is 6.51. The maximum absolute atomic E-state index is 5.95. The Bertz CT molecular complexity index is 544. The molecule has 1 aromatic carbocycles. The van der Waals surface area contributed by atoms with Crippen LogP contribution in [-0.4, -0.2) is 16.7 Å². The monoisotopic (exact) mass is 283 g/mol. The lowest BCUT2D eigenvalue weighted by Gasteiger charge is -2.01. The second kappa shape index (κ2) is 4.88. The minimum atomic E-state index is 0.192. The van der Waals surface area contributed by atoms with Gasteiger partial charge in [-0.15, -0.1) is 0 Å². The molecule has 1 N–H and O–H groups in total. The van der Waals surface area contributed by atoms with Crippen molar-refractivity contribution in [2.45, 2.75) is 18.9 Å². The Morgan fingerprint density at radius 3 is 2.67 bits per heavy atom. The van der Waals surface area contributed by atoms with Gasteiger partial charge in [-0.2, -0.15) is 4.98 Å². The van der Waals surface area contributed by atoms with Gasteiger partial charge in [-0.1, -0.05) is 28.4 Å². The molecule has 2 aromatic rings. The van der Waals surface area contributed by atoms with E-state index in [1.807, 2.05) is 0 Å². The highest BCUT2D eigenvalue weighted by Crippen LogP contribution is 2.28. The minimum Gasteiger partial charge on any atom is -0.334 e. The zero-order chi connectivity index (χ0) is 12.5. The molecular weight excluding hydrogens is 273 g/mol. The average Bonchev–Trinajstić information content (AvgIpc) is 2.99. The lowest BCUT2D eigenvalue weighted by Crippen LogP contribution is -2.14. The van der Waals surface area contributed by atoms with E-state index in [9.17, 15) is 0 Å². The third-order valence-corrected chi connectivity index (χ3v) is 3.36. The van der Waals surface area contributed by atoms with Gasteiger partial charge in [0.25, 0.3) is 5.89 Å². The Labute approximate surface area is 114 Å². The molecule has 94 valence electrons. The molecular formula is C12H11Cl2N3O. The summed E-state index contributed by atoms with van der Waals surface area (Å²) >= 11 is 11.9. The van der Waals surface area contributed by atoms with Gasteiger partial charge in [0, 0.05) is 15.6 Å². The fourth-order valence-corrected chi connectivity index (χ4v) is 2.60. The molecule has 0 saturated carbocycles. The Morgan fingerprint density at radius 2 is 2.00 bits per heavy atom. The van der Waals surface area contributed by atoms with Crippen LogP contribution in [-0.2, 0) is 0 Å². The summed E-state index contributed by atoms with van der Waals surface area (Å²) in [6.45, 7) is 0.998. The van der Waals surface area contributed by atoms with E-state index in [4.69, 9.17) is 27.7 Å². The number of halogens is 2. The summed E-state index contributed by atoms with van der Waals surface area (Å²) in [5, 5.41) is 8.43. The first-order chi connectivity index (χ1) is 8.72. The summed E-state index contributed by atoms with van der Waals surface area (Å²) in [6, 6.07) is 5.37. The third kappa shape index (κ3) is 2.36. The fourth-order valence-electron chi connectivity index (χ4n) is 2.08. The van der Waals surface area contributed by atoms with Crippen molar-refractivity contribution in [2.24, 2.45) is 0 Å². The van der Waals surface area contributed by atoms with Crippen LogP contribution in [0.5, 0.6) is 0 Å². The minimum absolute atomic E-state index is 0.192. The molecule has 1 saturated heterocycles. The number of benzene rings is 1. The summed E-state index contributed by atoms with van der Waals surface area (Å²) < 4.78 is 5.25. The van der Waals surface area contributed by atoms with Gasteiger partial charge in [0.1, 0.15) is 0 Å². The molecule has 1 atom stereocenters. The van der Waals surface area contributed by atoms with Gasteiger partial charge in [-0.05, 0) is 37.6 Å². The molecule has 0 aliphatic carbocycles. The average molecular weight is 284 g/mol. The molecule has 0 bridgehead atoms. The fraction of sp³-hybridized carbons (Fsp3) is 0.333. The van der Waals surface area contributed by atoms with Crippen molar-refractivity contribution in [2.75, 3.05) is 6.54 Å². The van der Waals surface area contributed by atoms with E-state index in [1.54, 1.807) is 18.2 Å². The van der Waals surface area contributed by atoms with Gasteiger partial charge >= 0.3 is 0 Å². The molecule has 0 radical (unpaired) electrons. The Kier molecular flexibility index (Phi) is 3.24. The maximum Gasteiger partial charge on any atom is 0.258 e. The summed E-state index contributed by atoms with van der Waals surface area (Å²) in [4.78, 5) is 4.39. The van der Waals surface area contributed by atoms with Crippen LogP contribution in [0, 0.1) is 0 Å².